The van der Waals surface area contributed by atoms with Gasteiger partial charge in [-0.2, -0.15) is 0 Å². The minimum atomic E-state index is -3.35. The van der Waals surface area contributed by atoms with Crippen LogP contribution in [-0.4, -0.2) is 19.2 Å². The van der Waals surface area contributed by atoms with Crippen molar-refractivity contribution in [2.24, 2.45) is 5.92 Å². The Morgan fingerprint density at radius 1 is 1.50 bits per heavy atom. The van der Waals surface area contributed by atoms with Crippen LogP contribution in [0.4, 0.5) is 5.69 Å². The first-order chi connectivity index (χ1) is 7.30. The summed E-state index contributed by atoms with van der Waals surface area (Å²) in [5, 5.41) is 0.165. The van der Waals surface area contributed by atoms with Gasteiger partial charge in [-0.3, -0.25) is 4.72 Å². The molecule has 0 saturated heterocycles. The zero-order valence-electron chi connectivity index (χ0n) is 9.49. The minimum absolute atomic E-state index is 0.0639. The molecule has 0 unspecified atom stereocenters. The Hall–Kier alpha value is -0.810. The predicted molar refractivity (Wildman–Crippen MR) is 66.2 cm³/mol. The molecule has 1 aromatic rings. The second-order valence-corrected chi connectivity index (χ2v) is 6.25. The molecular formula is C10H15ClN2O2S. The zero-order valence-corrected chi connectivity index (χ0v) is 11.1. The van der Waals surface area contributed by atoms with E-state index >= 15 is 0 Å². The average molecular weight is 263 g/mol. The molecular weight excluding hydrogens is 248 g/mol. The highest BCUT2D eigenvalue weighted by Crippen LogP contribution is 2.21. The standard InChI is InChI=1S/C10H15ClN2O2S/c1-7(2)6-16(14,15)13-9-4-8(3)5-12-10(9)11/h4-5,7,13H,6H2,1-3H3. The number of aryl methyl sites for hydroxylation is 1. The van der Waals surface area contributed by atoms with Gasteiger partial charge in [-0.15, -0.1) is 0 Å². The Morgan fingerprint density at radius 2 is 2.12 bits per heavy atom. The molecule has 0 aliphatic rings. The molecule has 1 N–H and O–H groups in total. The number of hydrogen-bond donors (Lipinski definition) is 1. The summed E-state index contributed by atoms with van der Waals surface area (Å²) < 4.78 is 25.8. The molecule has 4 nitrogen and oxygen atoms in total. The summed E-state index contributed by atoms with van der Waals surface area (Å²) in [6, 6.07) is 1.66. The third-order valence-electron chi connectivity index (χ3n) is 1.79. The highest BCUT2D eigenvalue weighted by Gasteiger charge is 2.14. The molecule has 16 heavy (non-hydrogen) atoms. The smallest absolute Gasteiger partial charge is 0.233 e. The van der Waals surface area contributed by atoms with Crippen LogP contribution in [0.1, 0.15) is 19.4 Å². The lowest BCUT2D eigenvalue weighted by Gasteiger charge is -2.11. The van der Waals surface area contributed by atoms with Gasteiger partial charge in [0.25, 0.3) is 0 Å². The molecule has 1 rings (SSSR count). The maximum absolute atomic E-state index is 11.7. The summed E-state index contributed by atoms with van der Waals surface area (Å²) in [4.78, 5) is 3.88. The molecule has 0 aliphatic carbocycles. The molecule has 90 valence electrons. The number of aromatic nitrogens is 1. The summed E-state index contributed by atoms with van der Waals surface area (Å²) in [6.45, 7) is 5.51. The van der Waals surface area contributed by atoms with Crippen LogP contribution in [0.5, 0.6) is 0 Å². The molecule has 1 heterocycles. The van der Waals surface area contributed by atoms with Gasteiger partial charge in [0.2, 0.25) is 10.0 Å². The van der Waals surface area contributed by atoms with Gasteiger partial charge in [0, 0.05) is 6.20 Å². The minimum Gasteiger partial charge on any atom is -0.280 e. The van der Waals surface area contributed by atoms with Gasteiger partial charge in [-0.05, 0) is 24.5 Å². The van der Waals surface area contributed by atoms with Gasteiger partial charge < -0.3 is 0 Å². The van der Waals surface area contributed by atoms with Crippen molar-refractivity contribution in [3.05, 3.63) is 23.0 Å². The summed E-state index contributed by atoms with van der Waals surface area (Å²) in [5.41, 5.74) is 1.19. The number of hydrogen-bond acceptors (Lipinski definition) is 3. The van der Waals surface area contributed by atoms with Gasteiger partial charge >= 0.3 is 0 Å². The van der Waals surface area contributed by atoms with E-state index in [0.717, 1.165) is 5.56 Å². The topological polar surface area (TPSA) is 59.1 Å². The summed E-state index contributed by atoms with van der Waals surface area (Å²) in [6.07, 6.45) is 1.59. The van der Waals surface area contributed by atoms with E-state index in [1.807, 2.05) is 20.8 Å². The van der Waals surface area contributed by atoms with Crippen molar-refractivity contribution in [1.29, 1.82) is 0 Å². The first-order valence-electron chi connectivity index (χ1n) is 4.93. The van der Waals surface area contributed by atoms with E-state index in [0.29, 0.717) is 5.69 Å². The fourth-order valence-corrected chi connectivity index (χ4v) is 2.93. The predicted octanol–water partition coefficient (Wildman–Crippen LogP) is 2.44. The first kappa shape index (κ1) is 13.3. The quantitative estimate of drug-likeness (QED) is 0.848. The number of sulfonamides is 1. The van der Waals surface area contributed by atoms with Gasteiger partial charge in [-0.1, -0.05) is 25.4 Å². The monoisotopic (exact) mass is 262 g/mol. The van der Waals surface area contributed by atoms with Gasteiger partial charge in [0.05, 0.1) is 11.4 Å². The zero-order chi connectivity index (χ0) is 12.3. The van der Waals surface area contributed by atoms with Crippen LogP contribution in [0.2, 0.25) is 5.15 Å². The largest absolute Gasteiger partial charge is 0.280 e. The van der Waals surface area contributed by atoms with Crippen LogP contribution in [0, 0.1) is 12.8 Å². The Kier molecular flexibility index (Phi) is 4.15. The number of anilines is 1. The molecule has 0 saturated carbocycles. The van der Waals surface area contributed by atoms with Crippen molar-refractivity contribution in [1.82, 2.24) is 4.98 Å². The lowest BCUT2D eigenvalue weighted by Crippen LogP contribution is -2.20. The van der Waals surface area contributed by atoms with Crippen molar-refractivity contribution in [2.75, 3.05) is 10.5 Å². The Labute approximate surface area is 101 Å². The van der Waals surface area contributed by atoms with E-state index in [9.17, 15) is 8.42 Å². The number of nitrogens with one attached hydrogen (secondary N) is 1. The van der Waals surface area contributed by atoms with Crippen molar-refractivity contribution in [3.8, 4) is 0 Å². The third-order valence-corrected chi connectivity index (χ3v) is 3.73. The summed E-state index contributed by atoms with van der Waals surface area (Å²) >= 11 is 5.80. The van der Waals surface area contributed by atoms with E-state index in [1.165, 1.54) is 0 Å². The number of nitrogens with zero attached hydrogens (tertiary/aromatic N) is 1. The molecule has 0 radical (unpaired) electrons. The van der Waals surface area contributed by atoms with E-state index in [1.54, 1.807) is 12.3 Å². The summed E-state index contributed by atoms with van der Waals surface area (Å²) in [5.74, 6) is 0.131. The normalized spacial score (nSPS) is 11.8. The highest BCUT2D eigenvalue weighted by atomic mass is 35.5. The van der Waals surface area contributed by atoms with Crippen LogP contribution < -0.4 is 4.72 Å². The number of pyridine rings is 1. The van der Waals surface area contributed by atoms with Gasteiger partial charge in [0.1, 0.15) is 0 Å². The Morgan fingerprint density at radius 3 is 2.69 bits per heavy atom. The van der Waals surface area contributed by atoms with Crippen LogP contribution in [0.3, 0.4) is 0 Å². The fourth-order valence-electron chi connectivity index (χ4n) is 1.27. The molecule has 0 fully saturated rings. The van der Waals surface area contributed by atoms with E-state index in [-0.39, 0.29) is 16.8 Å². The molecule has 0 aliphatic heterocycles. The molecule has 0 bridgehead atoms. The van der Waals surface area contributed by atoms with Gasteiger partial charge in [-0.25, -0.2) is 13.4 Å². The van der Waals surface area contributed by atoms with Crippen LogP contribution >= 0.6 is 11.6 Å². The molecule has 6 heteroatoms. The molecule has 0 amide bonds. The van der Waals surface area contributed by atoms with Crippen molar-refractivity contribution in [2.45, 2.75) is 20.8 Å². The Bertz CT molecular complexity index is 472. The van der Waals surface area contributed by atoms with Crippen LogP contribution in [0.15, 0.2) is 12.3 Å². The fraction of sp³-hybridized carbons (Fsp3) is 0.500. The Balaban J connectivity index is 2.92. The number of halogens is 1. The van der Waals surface area contributed by atoms with Crippen molar-refractivity contribution in [3.63, 3.8) is 0 Å². The van der Waals surface area contributed by atoms with E-state index in [2.05, 4.69) is 9.71 Å². The van der Waals surface area contributed by atoms with E-state index in [4.69, 9.17) is 11.6 Å². The lowest BCUT2D eigenvalue weighted by molar-refractivity contribution is 0.587. The summed E-state index contributed by atoms with van der Waals surface area (Å²) in [7, 11) is -3.35. The number of rotatable bonds is 4. The van der Waals surface area contributed by atoms with Gasteiger partial charge in [0.15, 0.2) is 5.15 Å². The first-order valence-corrected chi connectivity index (χ1v) is 6.96. The molecule has 0 aromatic carbocycles. The lowest BCUT2D eigenvalue weighted by atomic mass is 10.3. The SMILES string of the molecule is Cc1cnc(Cl)c(NS(=O)(=O)CC(C)C)c1. The van der Waals surface area contributed by atoms with Crippen LogP contribution in [-0.2, 0) is 10.0 Å². The second-order valence-electron chi connectivity index (χ2n) is 4.13. The maximum Gasteiger partial charge on any atom is 0.233 e. The molecule has 0 atom stereocenters. The molecule has 1 aromatic heterocycles. The van der Waals surface area contributed by atoms with Crippen molar-refractivity contribution >= 4 is 27.3 Å². The average Bonchev–Trinajstić information content (AvgIpc) is 2.08. The molecule has 0 spiro atoms. The highest BCUT2D eigenvalue weighted by molar-refractivity contribution is 7.92. The van der Waals surface area contributed by atoms with Crippen molar-refractivity contribution < 1.29 is 8.42 Å². The van der Waals surface area contributed by atoms with E-state index < -0.39 is 10.0 Å². The maximum atomic E-state index is 11.7. The van der Waals surface area contributed by atoms with Crippen LogP contribution in [0.25, 0.3) is 0 Å². The second kappa shape index (κ2) is 5.01. The third kappa shape index (κ3) is 3.98.